The number of pyridine rings is 2. The number of amides is 1. The SMILES string of the molecule is Cc1cccc(=O)n1CCC(=O)N[C@H]1CCCc2c1cnn2-c1ccccn1. The van der Waals surface area contributed by atoms with Gasteiger partial charge in [-0.3, -0.25) is 9.59 Å². The van der Waals surface area contributed by atoms with Crippen molar-refractivity contribution in [1.29, 1.82) is 0 Å². The molecule has 0 radical (unpaired) electrons. The Morgan fingerprint density at radius 1 is 1.25 bits per heavy atom. The van der Waals surface area contributed by atoms with Crippen LogP contribution in [0.1, 0.15) is 42.3 Å². The summed E-state index contributed by atoms with van der Waals surface area (Å²) in [7, 11) is 0. The fourth-order valence-corrected chi connectivity index (χ4v) is 3.77. The van der Waals surface area contributed by atoms with Crippen molar-refractivity contribution in [1.82, 2.24) is 24.6 Å². The minimum atomic E-state index is -0.0793. The van der Waals surface area contributed by atoms with E-state index in [1.165, 1.54) is 6.07 Å². The largest absolute Gasteiger partial charge is 0.349 e. The Morgan fingerprint density at radius 2 is 2.14 bits per heavy atom. The highest BCUT2D eigenvalue weighted by atomic mass is 16.2. The molecule has 0 saturated carbocycles. The van der Waals surface area contributed by atoms with Crippen molar-refractivity contribution >= 4 is 5.91 Å². The number of aryl methyl sites for hydroxylation is 1. The summed E-state index contributed by atoms with van der Waals surface area (Å²) < 4.78 is 3.49. The number of fused-ring (bicyclic) bond motifs is 1. The quantitative estimate of drug-likeness (QED) is 0.740. The van der Waals surface area contributed by atoms with Crippen LogP contribution in [-0.2, 0) is 17.8 Å². The molecule has 4 rings (SSSR count). The molecule has 1 atom stereocenters. The van der Waals surface area contributed by atoms with Crippen LogP contribution in [0.4, 0.5) is 0 Å². The van der Waals surface area contributed by atoms with Gasteiger partial charge in [-0.15, -0.1) is 0 Å². The lowest BCUT2D eigenvalue weighted by Crippen LogP contribution is -2.32. The summed E-state index contributed by atoms with van der Waals surface area (Å²) in [6.07, 6.45) is 6.63. The molecule has 1 N–H and O–H groups in total. The van der Waals surface area contributed by atoms with E-state index in [4.69, 9.17) is 0 Å². The maximum atomic E-state index is 12.5. The molecular formula is C21H23N5O2. The van der Waals surface area contributed by atoms with Crippen molar-refractivity contribution in [2.24, 2.45) is 0 Å². The first kappa shape index (κ1) is 18.2. The lowest BCUT2D eigenvalue weighted by atomic mass is 9.93. The fourth-order valence-electron chi connectivity index (χ4n) is 3.77. The molecule has 28 heavy (non-hydrogen) atoms. The Balaban J connectivity index is 1.46. The van der Waals surface area contributed by atoms with Gasteiger partial charge in [-0.1, -0.05) is 12.1 Å². The highest BCUT2D eigenvalue weighted by Gasteiger charge is 2.26. The number of hydrogen-bond donors (Lipinski definition) is 1. The number of nitrogens with zero attached hydrogens (tertiary/aromatic N) is 4. The molecule has 0 saturated heterocycles. The first-order valence-corrected chi connectivity index (χ1v) is 9.57. The summed E-state index contributed by atoms with van der Waals surface area (Å²) in [4.78, 5) is 28.9. The van der Waals surface area contributed by atoms with Crippen LogP contribution in [0, 0.1) is 6.92 Å². The first-order valence-electron chi connectivity index (χ1n) is 9.57. The number of rotatable bonds is 5. The third-order valence-electron chi connectivity index (χ3n) is 5.21. The smallest absolute Gasteiger partial charge is 0.250 e. The van der Waals surface area contributed by atoms with Crippen molar-refractivity contribution in [3.63, 3.8) is 0 Å². The summed E-state index contributed by atoms with van der Waals surface area (Å²) >= 11 is 0. The van der Waals surface area contributed by atoms with Gasteiger partial charge in [0.2, 0.25) is 5.91 Å². The average Bonchev–Trinajstić information content (AvgIpc) is 3.13. The molecule has 0 fully saturated rings. The molecule has 1 aliphatic rings. The third-order valence-corrected chi connectivity index (χ3v) is 5.21. The summed E-state index contributed by atoms with van der Waals surface area (Å²) in [6.45, 7) is 2.25. The van der Waals surface area contributed by atoms with Gasteiger partial charge in [0, 0.05) is 36.5 Å². The van der Waals surface area contributed by atoms with Gasteiger partial charge in [-0.2, -0.15) is 5.10 Å². The Morgan fingerprint density at radius 3 is 2.93 bits per heavy atom. The van der Waals surface area contributed by atoms with Gasteiger partial charge in [0.15, 0.2) is 5.82 Å². The van der Waals surface area contributed by atoms with E-state index in [9.17, 15) is 9.59 Å². The molecule has 7 heteroatoms. The number of aromatic nitrogens is 4. The minimum absolute atomic E-state index is 0.0534. The van der Waals surface area contributed by atoms with Crippen LogP contribution in [0.15, 0.2) is 53.6 Å². The molecule has 3 heterocycles. The summed E-state index contributed by atoms with van der Waals surface area (Å²) in [5.41, 5.74) is 2.94. The van der Waals surface area contributed by atoms with E-state index in [2.05, 4.69) is 15.4 Å². The van der Waals surface area contributed by atoms with Crippen molar-refractivity contribution < 1.29 is 4.79 Å². The summed E-state index contributed by atoms with van der Waals surface area (Å²) in [5, 5.41) is 7.62. The zero-order valence-electron chi connectivity index (χ0n) is 15.8. The Bertz CT molecular complexity index is 1040. The molecule has 0 unspecified atom stereocenters. The normalized spacial score (nSPS) is 15.8. The Kier molecular flexibility index (Phi) is 5.06. The predicted molar refractivity (Wildman–Crippen MR) is 105 cm³/mol. The molecule has 7 nitrogen and oxygen atoms in total. The van der Waals surface area contributed by atoms with Gasteiger partial charge in [-0.25, -0.2) is 9.67 Å². The Hall–Kier alpha value is -3.22. The van der Waals surface area contributed by atoms with Crippen molar-refractivity contribution in [3.8, 4) is 5.82 Å². The van der Waals surface area contributed by atoms with Gasteiger partial charge < -0.3 is 9.88 Å². The third kappa shape index (κ3) is 3.60. The number of nitrogens with one attached hydrogen (secondary N) is 1. The zero-order valence-corrected chi connectivity index (χ0v) is 15.8. The van der Waals surface area contributed by atoms with Crippen LogP contribution in [0.5, 0.6) is 0 Å². The monoisotopic (exact) mass is 377 g/mol. The van der Waals surface area contributed by atoms with E-state index in [1.807, 2.05) is 42.1 Å². The van der Waals surface area contributed by atoms with E-state index in [0.717, 1.165) is 42.0 Å². The number of hydrogen-bond acceptors (Lipinski definition) is 4. The summed E-state index contributed by atoms with van der Waals surface area (Å²) in [5.74, 6) is 0.730. The van der Waals surface area contributed by atoms with Crippen LogP contribution in [0.2, 0.25) is 0 Å². The van der Waals surface area contributed by atoms with Crippen LogP contribution in [-0.4, -0.2) is 25.2 Å². The maximum Gasteiger partial charge on any atom is 0.250 e. The lowest BCUT2D eigenvalue weighted by molar-refractivity contribution is -0.122. The second kappa shape index (κ2) is 7.80. The van der Waals surface area contributed by atoms with Gasteiger partial charge in [0.25, 0.3) is 5.56 Å². The molecule has 0 aromatic carbocycles. The standard InChI is InChI=1S/C21H23N5O2/c1-15-6-4-10-21(28)25(15)13-11-20(27)24-17-7-5-8-18-16(17)14-23-26(18)19-9-2-3-12-22-19/h2-4,6,9-10,12,14,17H,5,7-8,11,13H2,1H3,(H,24,27)/t17-/m0/s1. The minimum Gasteiger partial charge on any atom is -0.349 e. The number of carbonyl (C=O) groups excluding carboxylic acids is 1. The van der Waals surface area contributed by atoms with E-state index in [0.29, 0.717) is 6.54 Å². The molecule has 0 aliphatic heterocycles. The highest BCUT2D eigenvalue weighted by Crippen LogP contribution is 2.30. The van der Waals surface area contributed by atoms with E-state index in [1.54, 1.807) is 16.8 Å². The van der Waals surface area contributed by atoms with Crippen LogP contribution >= 0.6 is 0 Å². The molecule has 3 aromatic rings. The van der Waals surface area contributed by atoms with Crippen molar-refractivity contribution in [2.75, 3.05) is 0 Å². The zero-order chi connectivity index (χ0) is 19.5. The van der Waals surface area contributed by atoms with Gasteiger partial charge in [-0.05, 0) is 44.4 Å². The lowest BCUT2D eigenvalue weighted by Gasteiger charge is -2.24. The van der Waals surface area contributed by atoms with Crippen molar-refractivity contribution in [2.45, 2.75) is 45.2 Å². The molecule has 144 valence electrons. The summed E-state index contributed by atoms with van der Waals surface area (Å²) in [6, 6.07) is 10.8. The second-order valence-electron chi connectivity index (χ2n) is 7.07. The van der Waals surface area contributed by atoms with E-state index >= 15 is 0 Å². The molecular weight excluding hydrogens is 354 g/mol. The first-order chi connectivity index (χ1) is 13.6. The van der Waals surface area contributed by atoms with Gasteiger partial charge >= 0.3 is 0 Å². The molecule has 1 aliphatic carbocycles. The average molecular weight is 377 g/mol. The van der Waals surface area contributed by atoms with E-state index in [-0.39, 0.29) is 23.9 Å². The molecule has 0 spiro atoms. The molecule has 1 amide bonds. The predicted octanol–water partition coefficient (Wildman–Crippen LogP) is 2.32. The van der Waals surface area contributed by atoms with Crippen LogP contribution in [0.3, 0.4) is 0 Å². The molecule has 0 bridgehead atoms. The highest BCUT2D eigenvalue weighted by molar-refractivity contribution is 5.76. The van der Waals surface area contributed by atoms with Gasteiger partial charge in [0.05, 0.1) is 17.9 Å². The Labute approximate surface area is 163 Å². The van der Waals surface area contributed by atoms with Crippen LogP contribution in [0.25, 0.3) is 5.82 Å². The van der Waals surface area contributed by atoms with E-state index < -0.39 is 0 Å². The fraction of sp³-hybridized carbons (Fsp3) is 0.333. The maximum absolute atomic E-state index is 12.5. The van der Waals surface area contributed by atoms with Crippen LogP contribution < -0.4 is 10.9 Å². The molecule has 3 aromatic heterocycles. The van der Waals surface area contributed by atoms with Crippen molar-refractivity contribution in [3.05, 3.63) is 76.1 Å². The number of carbonyl (C=O) groups is 1. The topological polar surface area (TPSA) is 81.8 Å². The van der Waals surface area contributed by atoms with Gasteiger partial charge in [0.1, 0.15) is 0 Å². The second-order valence-corrected chi connectivity index (χ2v) is 7.07.